The summed E-state index contributed by atoms with van der Waals surface area (Å²) < 4.78 is 9.75. The molecule has 0 aromatic carbocycles. The van der Waals surface area contributed by atoms with Crippen molar-refractivity contribution in [1.29, 1.82) is 0 Å². The summed E-state index contributed by atoms with van der Waals surface area (Å²) in [5.74, 6) is -0.458. The minimum Gasteiger partial charge on any atom is -0.466 e. The van der Waals surface area contributed by atoms with Crippen molar-refractivity contribution in [2.24, 2.45) is 0 Å². The van der Waals surface area contributed by atoms with E-state index in [2.05, 4.69) is 12.6 Å². The zero-order valence-electron chi connectivity index (χ0n) is 9.19. The highest BCUT2D eigenvalue weighted by Crippen LogP contribution is 2.03. The van der Waals surface area contributed by atoms with Crippen molar-refractivity contribution < 1.29 is 19.1 Å². The van der Waals surface area contributed by atoms with Crippen LogP contribution in [0, 0.1) is 0 Å². The van der Waals surface area contributed by atoms with Gasteiger partial charge in [-0.15, -0.1) is 0 Å². The molecule has 0 aromatic rings. The Morgan fingerprint density at radius 2 is 1.67 bits per heavy atom. The highest BCUT2D eigenvalue weighted by atomic mass is 32.1. The van der Waals surface area contributed by atoms with Gasteiger partial charge in [0.2, 0.25) is 0 Å². The smallest absolute Gasteiger partial charge is 0.305 e. The predicted molar refractivity (Wildman–Crippen MR) is 59.9 cm³/mol. The molecule has 0 radical (unpaired) electrons. The first-order valence-electron chi connectivity index (χ1n) is 5.09. The first kappa shape index (κ1) is 14.3. The van der Waals surface area contributed by atoms with Gasteiger partial charge in [0.25, 0.3) is 0 Å². The third kappa shape index (κ3) is 8.30. The maximum Gasteiger partial charge on any atom is 0.305 e. The quantitative estimate of drug-likeness (QED) is 0.537. The van der Waals surface area contributed by atoms with Gasteiger partial charge in [0, 0.05) is 18.1 Å². The largest absolute Gasteiger partial charge is 0.466 e. The molecule has 5 heteroatoms. The average molecular weight is 234 g/mol. The topological polar surface area (TPSA) is 52.6 Å². The summed E-state index contributed by atoms with van der Waals surface area (Å²) in [6, 6.07) is 0. The Balaban J connectivity index is 3.45. The highest BCUT2D eigenvalue weighted by molar-refractivity contribution is 7.81. The Morgan fingerprint density at radius 1 is 1.13 bits per heavy atom. The molecule has 0 amide bonds. The lowest BCUT2D eigenvalue weighted by molar-refractivity contribution is -0.145. The van der Waals surface area contributed by atoms with Crippen LogP contribution >= 0.6 is 12.6 Å². The summed E-state index contributed by atoms with van der Waals surface area (Å²) in [4.78, 5) is 21.6. The third-order valence-corrected chi connectivity index (χ3v) is 2.14. The Morgan fingerprint density at radius 3 is 2.20 bits per heavy atom. The lowest BCUT2D eigenvalue weighted by atomic mass is 10.3. The van der Waals surface area contributed by atoms with E-state index < -0.39 is 0 Å². The number of carbonyl (C=O) groups is 2. The predicted octanol–water partition coefficient (Wildman–Crippen LogP) is 1.58. The molecule has 0 aliphatic rings. The van der Waals surface area contributed by atoms with Gasteiger partial charge in [0.05, 0.1) is 6.61 Å². The number of ether oxygens (including phenoxy) is 2. The standard InChI is InChI=1S/C10H18O4S/c1-3-9(11)13-6-5-8(15)7-14-10(12)4-2/h8,15H,3-7H2,1-2H3. The number of hydrogen-bond acceptors (Lipinski definition) is 5. The second-order valence-electron chi connectivity index (χ2n) is 3.05. The lowest BCUT2D eigenvalue weighted by Gasteiger charge is -2.10. The normalized spacial score (nSPS) is 11.9. The van der Waals surface area contributed by atoms with Crippen molar-refractivity contribution in [2.45, 2.75) is 38.4 Å². The van der Waals surface area contributed by atoms with Crippen LogP contribution in [-0.2, 0) is 19.1 Å². The second kappa shape index (κ2) is 8.59. The monoisotopic (exact) mass is 234 g/mol. The van der Waals surface area contributed by atoms with Crippen LogP contribution in [0.2, 0.25) is 0 Å². The van der Waals surface area contributed by atoms with E-state index in [1.54, 1.807) is 13.8 Å². The number of hydrogen-bond donors (Lipinski definition) is 1. The van der Waals surface area contributed by atoms with Crippen LogP contribution in [0.15, 0.2) is 0 Å². The van der Waals surface area contributed by atoms with Crippen LogP contribution in [-0.4, -0.2) is 30.4 Å². The molecule has 0 saturated carbocycles. The molecule has 0 aliphatic heterocycles. The van der Waals surface area contributed by atoms with Gasteiger partial charge < -0.3 is 9.47 Å². The highest BCUT2D eigenvalue weighted by Gasteiger charge is 2.07. The first-order valence-corrected chi connectivity index (χ1v) is 5.61. The summed E-state index contributed by atoms with van der Waals surface area (Å²) in [6.07, 6.45) is 1.33. The summed E-state index contributed by atoms with van der Waals surface area (Å²) >= 11 is 4.21. The molecule has 0 aromatic heterocycles. The minimum absolute atomic E-state index is 0.0786. The summed E-state index contributed by atoms with van der Waals surface area (Å²) in [7, 11) is 0. The van der Waals surface area contributed by atoms with Crippen molar-refractivity contribution in [3.8, 4) is 0 Å². The Bertz CT molecular complexity index is 206. The third-order valence-electron chi connectivity index (χ3n) is 1.73. The van der Waals surface area contributed by atoms with Crippen LogP contribution in [0.1, 0.15) is 33.1 Å². The fourth-order valence-corrected chi connectivity index (χ4v) is 0.965. The van der Waals surface area contributed by atoms with E-state index in [0.29, 0.717) is 25.9 Å². The molecule has 1 atom stereocenters. The molecule has 0 N–H and O–H groups in total. The first-order chi connectivity index (χ1) is 7.10. The van der Waals surface area contributed by atoms with Gasteiger partial charge in [0.1, 0.15) is 6.61 Å². The molecule has 4 nitrogen and oxygen atoms in total. The fraction of sp³-hybridized carbons (Fsp3) is 0.800. The zero-order chi connectivity index (χ0) is 11.7. The van der Waals surface area contributed by atoms with Gasteiger partial charge in [0.15, 0.2) is 0 Å². The summed E-state index contributed by atoms with van der Waals surface area (Å²) in [5, 5.41) is -0.0786. The maximum absolute atomic E-state index is 10.8. The van der Waals surface area contributed by atoms with E-state index in [1.807, 2.05) is 0 Å². The molecule has 0 fully saturated rings. The Hall–Kier alpha value is -0.710. The molecular weight excluding hydrogens is 216 g/mol. The van der Waals surface area contributed by atoms with Gasteiger partial charge in [-0.3, -0.25) is 9.59 Å². The molecule has 15 heavy (non-hydrogen) atoms. The van der Waals surface area contributed by atoms with Crippen LogP contribution in [0.4, 0.5) is 0 Å². The Kier molecular flexibility index (Phi) is 8.18. The van der Waals surface area contributed by atoms with E-state index in [0.717, 1.165) is 0 Å². The van der Waals surface area contributed by atoms with Crippen molar-refractivity contribution >= 4 is 24.6 Å². The molecule has 88 valence electrons. The van der Waals surface area contributed by atoms with Crippen LogP contribution in [0.3, 0.4) is 0 Å². The number of rotatable bonds is 7. The SMILES string of the molecule is CCC(=O)OCCC(S)COC(=O)CC. The van der Waals surface area contributed by atoms with E-state index >= 15 is 0 Å². The molecule has 0 heterocycles. The number of thiol groups is 1. The lowest BCUT2D eigenvalue weighted by Crippen LogP contribution is -2.16. The molecule has 0 bridgehead atoms. The van der Waals surface area contributed by atoms with Crippen molar-refractivity contribution in [1.82, 2.24) is 0 Å². The maximum atomic E-state index is 10.8. The van der Waals surface area contributed by atoms with Crippen LogP contribution in [0.25, 0.3) is 0 Å². The second-order valence-corrected chi connectivity index (χ2v) is 3.78. The minimum atomic E-state index is -0.236. The zero-order valence-corrected chi connectivity index (χ0v) is 10.1. The van der Waals surface area contributed by atoms with E-state index in [4.69, 9.17) is 9.47 Å². The van der Waals surface area contributed by atoms with Crippen molar-refractivity contribution in [3.05, 3.63) is 0 Å². The van der Waals surface area contributed by atoms with Gasteiger partial charge in [-0.25, -0.2) is 0 Å². The fourth-order valence-electron chi connectivity index (χ4n) is 0.785. The molecular formula is C10H18O4S. The Labute approximate surface area is 95.7 Å². The summed E-state index contributed by atoms with van der Waals surface area (Å²) in [5.41, 5.74) is 0. The van der Waals surface area contributed by atoms with E-state index in [1.165, 1.54) is 0 Å². The van der Waals surface area contributed by atoms with E-state index in [9.17, 15) is 9.59 Å². The number of carbonyl (C=O) groups excluding carboxylic acids is 2. The van der Waals surface area contributed by atoms with Crippen LogP contribution in [0.5, 0.6) is 0 Å². The molecule has 0 aliphatic carbocycles. The van der Waals surface area contributed by atoms with Gasteiger partial charge in [-0.1, -0.05) is 13.8 Å². The van der Waals surface area contributed by atoms with Crippen molar-refractivity contribution in [2.75, 3.05) is 13.2 Å². The molecule has 0 rings (SSSR count). The van der Waals surface area contributed by atoms with E-state index in [-0.39, 0.29) is 23.8 Å². The molecule has 1 unspecified atom stereocenters. The van der Waals surface area contributed by atoms with Crippen molar-refractivity contribution in [3.63, 3.8) is 0 Å². The van der Waals surface area contributed by atoms with Gasteiger partial charge >= 0.3 is 11.9 Å². The van der Waals surface area contributed by atoms with Gasteiger partial charge in [-0.05, 0) is 6.42 Å². The average Bonchev–Trinajstić information content (AvgIpc) is 2.25. The molecule has 0 saturated heterocycles. The molecule has 0 spiro atoms. The van der Waals surface area contributed by atoms with Gasteiger partial charge in [-0.2, -0.15) is 12.6 Å². The van der Waals surface area contributed by atoms with Crippen LogP contribution < -0.4 is 0 Å². The number of esters is 2. The summed E-state index contributed by atoms with van der Waals surface area (Å²) in [6.45, 7) is 4.06.